The van der Waals surface area contributed by atoms with Crippen LogP contribution in [0.4, 0.5) is 5.82 Å². The third-order valence-corrected chi connectivity index (χ3v) is 5.53. The van der Waals surface area contributed by atoms with Gasteiger partial charge in [-0.1, -0.05) is 41.4 Å². The minimum Gasteiger partial charge on any atom is -0.380 e. The number of hydrogen-bond donors (Lipinski definition) is 0. The molecule has 2 amide bonds. The second-order valence-electron chi connectivity index (χ2n) is 7.47. The van der Waals surface area contributed by atoms with Gasteiger partial charge in [-0.3, -0.25) is 14.5 Å². The van der Waals surface area contributed by atoms with Gasteiger partial charge in [0.25, 0.3) is 5.91 Å². The van der Waals surface area contributed by atoms with E-state index in [9.17, 15) is 9.59 Å². The van der Waals surface area contributed by atoms with Crippen LogP contribution in [0.5, 0.6) is 0 Å². The van der Waals surface area contributed by atoms with E-state index in [1.54, 1.807) is 11.0 Å². The zero-order valence-electron chi connectivity index (χ0n) is 15.9. The first-order chi connectivity index (χ1) is 13.4. The van der Waals surface area contributed by atoms with Crippen LogP contribution in [0.1, 0.15) is 16.7 Å². The molecule has 1 atom stereocenters. The number of aromatic nitrogens is 1. The molecule has 2 saturated heterocycles. The van der Waals surface area contributed by atoms with Crippen LogP contribution in [0.15, 0.2) is 36.5 Å². The Balaban J connectivity index is 1.65. The Kier molecular flexibility index (Phi) is 5.08. The predicted molar refractivity (Wildman–Crippen MR) is 106 cm³/mol. The van der Waals surface area contributed by atoms with Crippen LogP contribution in [0, 0.1) is 19.8 Å². The maximum absolute atomic E-state index is 13.4. The van der Waals surface area contributed by atoms with Gasteiger partial charge in [-0.05, 0) is 31.0 Å². The van der Waals surface area contributed by atoms with Gasteiger partial charge < -0.3 is 9.64 Å². The third-order valence-electron chi connectivity index (χ3n) is 5.33. The third kappa shape index (κ3) is 3.50. The van der Waals surface area contributed by atoms with Crippen molar-refractivity contribution in [3.05, 3.63) is 58.2 Å². The van der Waals surface area contributed by atoms with Crippen molar-refractivity contribution in [2.45, 2.75) is 26.4 Å². The monoisotopic (exact) mass is 399 g/mol. The summed E-state index contributed by atoms with van der Waals surface area (Å²) in [6.07, 6.45) is 1.50. The van der Waals surface area contributed by atoms with Crippen LogP contribution in [-0.2, 0) is 20.9 Å². The zero-order valence-corrected chi connectivity index (χ0v) is 16.6. The number of rotatable bonds is 4. The van der Waals surface area contributed by atoms with Crippen LogP contribution in [0.3, 0.4) is 0 Å². The molecular weight excluding hydrogens is 378 g/mol. The minimum absolute atomic E-state index is 0.00250. The molecule has 6 nitrogen and oxygen atoms in total. The molecule has 1 aromatic carbocycles. The van der Waals surface area contributed by atoms with Gasteiger partial charge in [-0.15, -0.1) is 0 Å². The average Bonchev–Trinajstić information content (AvgIpc) is 2.61. The predicted octanol–water partition coefficient (Wildman–Crippen LogP) is 2.74. The van der Waals surface area contributed by atoms with Crippen molar-refractivity contribution < 1.29 is 14.3 Å². The van der Waals surface area contributed by atoms with Gasteiger partial charge in [0.05, 0.1) is 18.2 Å². The maximum atomic E-state index is 13.4. The second-order valence-corrected chi connectivity index (χ2v) is 7.90. The molecule has 2 aliphatic rings. The molecule has 7 heteroatoms. The number of aryl methyl sites for hydroxylation is 2. The Hall–Kier alpha value is -2.44. The standard InChI is InChI=1S/C21H22ClN3O3/c1-13-3-5-15(6-4-13)9-24-18(26)10-25(20-14(2)7-17(22)8-23-20)21(27)19(24)16-11-28-12-16/h3-8,16,19H,9-12H2,1-2H3/t19-/m0/s1. The Morgan fingerprint density at radius 1 is 1.18 bits per heavy atom. The molecule has 0 spiro atoms. The Bertz CT molecular complexity index is 912. The summed E-state index contributed by atoms with van der Waals surface area (Å²) >= 11 is 6.00. The van der Waals surface area contributed by atoms with Crippen molar-refractivity contribution in [2.24, 2.45) is 5.92 Å². The van der Waals surface area contributed by atoms with Crippen LogP contribution in [-0.4, -0.2) is 47.5 Å². The maximum Gasteiger partial charge on any atom is 0.251 e. The number of pyridine rings is 1. The van der Waals surface area contributed by atoms with E-state index in [0.29, 0.717) is 30.6 Å². The number of carbonyl (C=O) groups excluding carboxylic acids is 2. The SMILES string of the molecule is Cc1ccc(CN2C(=O)CN(c3ncc(Cl)cc3C)C(=O)[C@@H]2C2COC2)cc1. The molecule has 2 aliphatic heterocycles. The summed E-state index contributed by atoms with van der Waals surface area (Å²) in [7, 11) is 0. The van der Waals surface area contributed by atoms with Crippen molar-refractivity contribution in [3.63, 3.8) is 0 Å². The van der Waals surface area contributed by atoms with E-state index < -0.39 is 6.04 Å². The van der Waals surface area contributed by atoms with E-state index in [-0.39, 0.29) is 24.3 Å². The summed E-state index contributed by atoms with van der Waals surface area (Å²) in [4.78, 5) is 34.0. The number of piperazine rings is 1. The summed E-state index contributed by atoms with van der Waals surface area (Å²) in [5.74, 6) is 0.284. The van der Waals surface area contributed by atoms with Gasteiger partial charge in [0, 0.05) is 18.7 Å². The average molecular weight is 400 g/mol. The Morgan fingerprint density at radius 3 is 2.50 bits per heavy atom. The summed E-state index contributed by atoms with van der Waals surface area (Å²) < 4.78 is 5.32. The van der Waals surface area contributed by atoms with E-state index in [1.807, 2.05) is 38.1 Å². The van der Waals surface area contributed by atoms with Gasteiger partial charge >= 0.3 is 0 Å². The summed E-state index contributed by atoms with van der Waals surface area (Å²) in [5, 5.41) is 0.502. The van der Waals surface area contributed by atoms with Crippen molar-refractivity contribution in [1.29, 1.82) is 0 Å². The lowest BCUT2D eigenvalue weighted by Crippen LogP contribution is -2.65. The molecule has 0 aliphatic carbocycles. The summed E-state index contributed by atoms with van der Waals surface area (Å²) in [6.45, 7) is 5.21. The number of ether oxygens (including phenoxy) is 1. The van der Waals surface area contributed by atoms with Crippen molar-refractivity contribution in [2.75, 3.05) is 24.7 Å². The molecule has 3 heterocycles. The van der Waals surface area contributed by atoms with E-state index in [2.05, 4.69) is 4.98 Å². The van der Waals surface area contributed by atoms with Gasteiger partial charge in [0.15, 0.2) is 0 Å². The first-order valence-electron chi connectivity index (χ1n) is 9.30. The molecule has 0 bridgehead atoms. The molecule has 0 N–H and O–H groups in total. The summed E-state index contributed by atoms with van der Waals surface area (Å²) in [6, 6.07) is 9.23. The van der Waals surface area contributed by atoms with Crippen LogP contribution >= 0.6 is 11.6 Å². The fourth-order valence-electron chi connectivity index (χ4n) is 3.72. The lowest BCUT2D eigenvalue weighted by molar-refractivity contribution is -0.155. The van der Waals surface area contributed by atoms with Gasteiger partial charge in [-0.25, -0.2) is 4.98 Å². The molecule has 0 unspecified atom stereocenters. The highest BCUT2D eigenvalue weighted by molar-refractivity contribution is 6.30. The van der Waals surface area contributed by atoms with Gasteiger partial charge in [0.2, 0.25) is 5.91 Å². The lowest BCUT2D eigenvalue weighted by Gasteiger charge is -2.45. The molecule has 2 aromatic rings. The van der Waals surface area contributed by atoms with Crippen molar-refractivity contribution >= 4 is 29.2 Å². The highest BCUT2D eigenvalue weighted by Crippen LogP contribution is 2.30. The number of hydrogen-bond acceptors (Lipinski definition) is 4. The van der Waals surface area contributed by atoms with Crippen LogP contribution in [0.25, 0.3) is 0 Å². The summed E-state index contributed by atoms with van der Waals surface area (Å²) in [5.41, 5.74) is 2.93. The largest absolute Gasteiger partial charge is 0.380 e. The number of amides is 2. The number of benzene rings is 1. The Labute approximate surface area is 169 Å². The fraction of sp³-hybridized carbons (Fsp3) is 0.381. The molecule has 1 aromatic heterocycles. The van der Waals surface area contributed by atoms with Gasteiger partial charge in [-0.2, -0.15) is 0 Å². The number of nitrogens with zero attached hydrogens (tertiary/aromatic N) is 3. The highest BCUT2D eigenvalue weighted by atomic mass is 35.5. The minimum atomic E-state index is -0.548. The first kappa shape index (κ1) is 18.9. The van der Waals surface area contributed by atoms with Crippen molar-refractivity contribution in [3.8, 4) is 0 Å². The fourth-order valence-corrected chi connectivity index (χ4v) is 3.93. The second kappa shape index (κ2) is 7.53. The molecule has 28 heavy (non-hydrogen) atoms. The number of anilines is 1. The smallest absolute Gasteiger partial charge is 0.251 e. The lowest BCUT2D eigenvalue weighted by atomic mass is 9.92. The molecule has 0 radical (unpaired) electrons. The molecule has 146 valence electrons. The van der Waals surface area contributed by atoms with Crippen molar-refractivity contribution in [1.82, 2.24) is 9.88 Å². The van der Waals surface area contributed by atoms with Crippen LogP contribution in [0.2, 0.25) is 5.02 Å². The van der Waals surface area contributed by atoms with E-state index in [4.69, 9.17) is 16.3 Å². The molecule has 2 fully saturated rings. The number of halogens is 1. The molecule has 4 rings (SSSR count). The molecular formula is C21H22ClN3O3. The topological polar surface area (TPSA) is 62.7 Å². The quantitative estimate of drug-likeness (QED) is 0.793. The van der Waals surface area contributed by atoms with E-state index in [1.165, 1.54) is 11.1 Å². The molecule has 0 saturated carbocycles. The van der Waals surface area contributed by atoms with E-state index >= 15 is 0 Å². The normalized spacial score (nSPS) is 20.5. The van der Waals surface area contributed by atoms with Crippen LogP contribution < -0.4 is 4.90 Å². The number of carbonyl (C=O) groups is 2. The zero-order chi connectivity index (χ0) is 19.8. The van der Waals surface area contributed by atoms with Gasteiger partial charge in [0.1, 0.15) is 18.4 Å². The highest BCUT2D eigenvalue weighted by Gasteiger charge is 2.47. The Morgan fingerprint density at radius 2 is 1.89 bits per heavy atom. The van der Waals surface area contributed by atoms with E-state index in [0.717, 1.165) is 16.7 Å². The first-order valence-corrected chi connectivity index (χ1v) is 9.68.